The Morgan fingerprint density at radius 3 is 2.65 bits per heavy atom. The van der Waals surface area contributed by atoms with E-state index in [1.165, 1.54) is 23.4 Å². The molecular formula is C26H35N7S. The van der Waals surface area contributed by atoms with Gasteiger partial charge in [0.05, 0.1) is 15.6 Å². The number of nitrogens with one attached hydrogen (secondary N) is 1. The molecule has 0 atom stereocenters. The Balaban J connectivity index is 1.41. The van der Waals surface area contributed by atoms with E-state index in [-0.39, 0.29) is 0 Å². The smallest absolute Gasteiger partial charge is 0.158 e. The lowest BCUT2D eigenvalue weighted by Gasteiger charge is -2.35. The lowest BCUT2D eigenvalue weighted by molar-refractivity contribution is 0.154. The van der Waals surface area contributed by atoms with Crippen LogP contribution in [0.2, 0.25) is 0 Å². The molecular weight excluding hydrogens is 442 g/mol. The van der Waals surface area contributed by atoms with Crippen molar-refractivity contribution in [2.75, 3.05) is 19.6 Å². The predicted octanol–water partition coefficient (Wildman–Crippen LogP) is 5.90. The van der Waals surface area contributed by atoms with Crippen LogP contribution in [-0.2, 0) is 0 Å². The zero-order valence-corrected chi connectivity index (χ0v) is 21.9. The Morgan fingerprint density at radius 2 is 1.94 bits per heavy atom. The molecule has 4 aromatic rings. The average Bonchev–Trinajstić information content (AvgIpc) is 3.51. The van der Waals surface area contributed by atoms with Gasteiger partial charge < -0.3 is 4.90 Å². The van der Waals surface area contributed by atoms with Gasteiger partial charge in [-0.3, -0.25) is 5.10 Å². The fourth-order valence-corrected chi connectivity index (χ4v) is 6.24. The Morgan fingerprint density at radius 1 is 1.18 bits per heavy atom. The molecule has 0 spiro atoms. The fourth-order valence-electron chi connectivity index (χ4n) is 5.15. The summed E-state index contributed by atoms with van der Waals surface area (Å²) in [5, 5.41) is 13.7. The maximum atomic E-state index is 4.87. The summed E-state index contributed by atoms with van der Waals surface area (Å²) < 4.78 is 1.84. The standard InChI is InChI=1S/C26H35N7S/c1-16(2)21-22(19-11-17(3)24-28-15-29-33(24)13-19)30-31-23(21)20-12-27-25(34-20)18-7-9-32(10-8-18)14-26(4,5)6/h11-13,15-16,18H,7-10,14H2,1-6H3,(H,30,31). The summed E-state index contributed by atoms with van der Waals surface area (Å²) in [6, 6.07) is 2.16. The molecule has 8 heteroatoms. The summed E-state index contributed by atoms with van der Waals surface area (Å²) in [5.74, 6) is 0.870. The second-order valence-electron chi connectivity index (χ2n) is 11.1. The summed E-state index contributed by atoms with van der Waals surface area (Å²) in [4.78, 5) is 13.0. The van der Waals surface area contributed by atoms with E-state index >= 15 is 0 Å². The lowest BCUT2D eigenvalue weighted by atomic mass is 9.92. The fraction of sp³-hybridized carbons (Fsp3) is 0.538. The van der Waals surface area contributed by atoms with Crippen molar-refractivity contribution < 1.29 is 0 Å². The molecule has 1 N–H and O–H groups in total. The van der Waals surface area contributed by atoms with Crippen LogP contribution < -0.4 is 0 Å². The van der Waals surface area contributed by atoms with Crippen LogP contribution in [0.1, 0.15) is 75.4 Å². The number of pyridine rings is 1. The number of rotatable bonds is 5. The molecule has 5 heterocycles. The number of nitrogens with zero attached hydrogens (tertiary/aromatic N) is 6. The van der Waals surface area contributed by atoms with Gasteiger partial charge in [-0.05, 0) is 55.8 Å². The Hall–Kier alpha value is -2.58. The van der Waals surface area contributed by atoms with Crippen LogP contribution in [0.3, 0.4) is 0 Å². The van der Waals surface area contributed by atoms with Crippen molar-refractivity contribution in [3.63, 3.8) is 0 Å². The van der Waals surface area contributed by atoms with Crippen molar-refractivity contribution >= 4 is 17.0 Å². The monoisotopic (exact) mass is 477 g/mol. The first-order valence-corrected chi connectivity index (χ1v) is 13.1. The van der Waals surface area contributed by atoms with Crippen molar-refractivity contribution in [2.24, 2.45) is 5.41 Å². The number of thiazole rings is 1. The van der Waals surface area contributed by atoms with Crippen LogP contribution in [-0.4, -0.2) is 54.3 Å². The molecule has 0 bridgehead atoms. The molecule has 1 aliphatic rings. The van der Waals surface area contributed by atoms with Gasteiger partial charge in [0.15, 0.2) is 5.65 Å². The van der Waals surface area contributed by atoms with Gasteiger partial charge in [-0.25, -0.2) is 14.5 Å². The van der Waals surface area contributed by atoms with Crippen LogP contribution in [0.5, 0.6) is 0 Å². The van der Waals surface area contributed by atoms with Crippen LogP contribution in [0.15, 0.2) is 24.8 Å². The zero-order chi connectivity index (χ0) is 24.0. The molecule has 4 aromatic heterocycles. The van der Waals surface area contributed by atoms with Crippen molar-refractivity contribution in [1.29, 1.82) is 0 Å². The third-order valence-electron chi connectivity index (χ3n) is 6.62. The molecule has 0 aromatic carbocycles. The van der Waals surface area contributed by atoms with Gasteiger partial charge in [0.25, 0.3) is 0 Å². The maximum Gasteiger partial charge on any atom is 0.158 e. The Bertz CT molecular complexity index is 1280. The molecule has 0 unspecified atom stereocenters. The van der Waals surface area contributed by atoms with Crippen molar-refractivity contribution in [3.8, 4) is 21.8 Å². The van der Waals surface area contributed by atoms with Gasteiger partial charge in [-0.1, -0.05) is 34.6 Å². The first-order chi connectivity index (χ1) is 16.2. The highest BCUT2D eigenvalue weighted by Gasteiger charge is 2.27. The van der Waals surface area contributed by atoms with Crippen LogP contribution in [0, 0.1) is 12.3 Å². The number of piperidine rings is 1. The molecule has 1 aliphatic heterocycles. The number of H-pyrrole nitrogens is 1. The van der Waals surface area contributed by atoms with E-state index in [1.807, 2.05) is 28.2 Å². The zero-order valence-electron chi connectivity index (χ0n) is 21.1. The van der Waals surface area contributed by atoms with Gasteiger partial charge in [-0.15, -0.1) is 11.3 Å². The van der Waals surface area contributed by atoms with Gasteiger partial charge in [-0.2, -0.15) is 10.2 Å². The maximum absolute atomic E-state index is 4.87. The number of hydrogen-bond donors (Lipinski definition) is 1. The molecule has 0 radical (unpaired) electrons. The minimum atomic E-state index is 0.321. The first kappa shape index (κ1) is 23.2. The third kappa shape index (κ3) is 4.53. The number of aryl methyl sites for hydroxylation is 1. The van der Waals surface area contributed by atoms with E-state index < -0.39 is 0 Å². The highest BCUT2D eigenvalue weighted by atomic mass is 32.1. The molecule has 34 heavy (non-hydrogen) atoms. The van der Waals surface area contributed by atoms with E-state index in [1.54, 1.807) is 6.33 Å². The summed E-state index contributed by atoms with van der Waals surface area (Å²) in [6.45, 7) is 17.0. The van der Waals surface area contributed by atoms with E-state index in [9.17, 15) is 0 Å². The number of aromatic nitrogens is 6. The number of fused-ring (bicyclic) bond motifs is 1. The molecule has 7 nitrogen and oxygen atoms in total. The van der Waals surface area contributed by atoms with E-state index in [2.05, 4.69) is 67.7 Å². The largest absolute Gasteiger partial charge is 0.303 e. The Kier molecular flexibility index (Phi) is 6.06. The quantitative estimate of drug-likeness (QED) is 0.387. The predicted molar refractivity (Wildman–Crippen MR) is 138 cm³/mol. The van der Waals surface area contributed by atoms with Gasteiger partial charge >= 0.3 is 0 Å². The highest BCUT2D eigenvalue weighted by molar-refractivity contribution is 7.15. The van der Waals surface area contributed by atoms with Gasteiger partial charge in [0.2, 0.25) is 0 Å². The van der Waals surface area contributed by atoms with Crippen LogP contribution in [0.25, 0.3) is 27.5 Å². The van der Waals surface area contributed by atoms with Crippen molar-refractivity contribution in [1.82, 2.24) is 34.7 Å². The SMILES string of the molecule is Cc1cc(-c2[nH]nc(-c3cnc(C4CCN(CC(C)(C)C)CC4)s3)c2C(C)C)cn2ncnc12. The van der Waals surface area contributed by atoms with Crippen molar-refractivity contribution in [2.45, 2.75) is 66.2 Å². The first-order valence-electron chi connectivity index (χ1n) is 12.3. The molecule has 5 rings (SSSR count). The minimum Gasteiger partial charge on any atom is -0.303 e. The molecule has 180 valence electrons. The summed E-state index contributed by atoms with van der Waals surface area (Å²) in [7, 11) is 0. The summed E-state index contributed by atoms with van der Waals surface area (Å²) >= 11 is 1.81. The molecule has 0 aliphatic carbocycles. The molecule has 1 saturated heterocycles. The van der Waals surface area contributed by atoms with Crippen LogP contribution >= 0.6 is 11.3 Å². The minimum absolute atomic E-state index is 0.321. The summed E-state index contributed by atoms with van der Waals surface area (Å²) in [5.41, 5.74) is 6.71. The van der Waals surface area contributed by atoms with Crippen molar-refractivity contribution in [3.05, 3.63) is 40.9 Å². The molecule has 0 amide bonds. The van der Waals surface area contributed by atoms with Gasteiger partial charge in [0.1, 0.15) is 12.0 Å². The number of hydrogen-bond acceptors (Lipinski definition) is 6. The highest BCUT2D eigenvalue weighted by Crippen LogP contribution is 2.40. The van der Waals surface area contributed by atoms with E-state index in [4.69, 9.17) is 10.1 Å². The topological polar surface area (TPSA) is 75.0 Å². The average molecular weight is 478 g/mol. The van der Waals surface area contributed by atoms with Gasteiger partial charge in [0, 0.05) is 36.0 Å². The van der Waals surface area contributed by atoms with Crippen LogP contribution in [0.4, 0.5) is 0 Å². The van der Waals surface area contributed by atoms with E-state index in [0.717, 1.165) is 52.7 Å². The number of likely N-dealkylation sites (tertiary alicyclic amines) is 1. The normalized spacial score (nSPS) is 16.2. The second-order valence-corrected chi connectivity index (χ2v) is 12.2. The van der Waals surface area contributed by atoms with E-state index in [0.29, 0.717) is 17.3 Å². The third-order valence-corrected chi connectivity index (χ3v) is 7.79. The summed E-state index contributed by atoms with van der Waals surface area (Å²) in [6.07, 6.45) is 8.02. The number of aromatic amines is 1. The molecule has 0 saturated carbocycles. The Labute approximate surface area is 205 Å². The molecule has 1 fully saturated rings. The second kappa shape index (κ2) is 8.89. The lowest BCUT2D eigenvalue weighted by Crippen LogP contribution is -2.38.